The summed E-state index contributed by atoms with van der Waals surface area (Å²) in [6.07, 6.45) is -0.140. The summed E-state index contributed by atoms with van der Waals surface area (Å²) in [5, 5.41) is 0. The largest absolute Gasteiger partial charge is 0.476 e. The molecule has 2 aliphatic rings. The standard InChI is InChI=1S/C19H19NO2/c1-18(2)13-21-17(20-18)16-19(22-16,14-9-5-3-6-10-14)15-11-7-4-8-12-15/h3-12,16H,13H2,1-2H3. The summed E-state index contributed by atoms with van der Waals surface area (Å²) in [4.78, 5) is 4.70. The highest BCUT2D eigenvalue weighted by atomic mass is 16.6. The van der Waals surface area contributed by atoms with E-state index in [1.165, 1.54) is 0 Å². The Bertz CT molecular complexity index is 667. The third-order valence-electron chi connectivity index (χ3n) is 4.23. The predicted molar refractivity (Wildman–Crippen MR) is 86.0 cm³/mol. The van der Waals surface area contributed by atoms with E-state index in [9.17, 15) is 0 Å². The lowest BCUT2D eigenvalue weighted by molar-refractivity contribution is 0.265. The van der Waals surface area contributed by atoms with Gasteiger partial charge in [0.15, 0.2) is 11.7 Å². The maximum atomic E-state index is 6.20. The van der Waals surface area contributed by atoms with Gasteiger partial charge in [0, 0.05) is 0 Å². The van der Waals surface area contributed by atoms with E-state index in [1.54, 1.807) is 0 Å². The Hall–Kier alpha value is -2.13. The normalized spacial score (nSPS) is 24.5. The third-order valence-corrected chi connectivity index (χ3v) is 4.23. The molecule has 3 nitrogen and oxygen atoms in total. The van der Waals surface area contributed by atoms with Gasteiger partial charge in [0.2, 0.25) is 5.90 Å². The molecule has 1 atom stereocenters. The lowest BCUT2D eigenvalue weighted by Gasteiger charge is -2.14. The smallest absolute Gasteiger partial charge is 0.218 e. The lowest BCUT2D eigenvalue weighted by Crippen LogP contribution is -2.21. The van der Waals surface area contributed by atoms with Crippen LogP contribution in [0.2, 0.25) is 0 Å². The monoisotopic (exact) mass is 293 g/mol. The number of ether oxygens (including phenoxy) is 2. The minimum Gasteiger partial charge on any atom is -0.476 e. The zero-order valence-electron chi connectivity index (χ0n) is 12.8. The Balaban J connectivity index is 1.78. The van der Waals surface area contributed by atoms with Crippen molar-refractivity contribution in [3.05, 3.63) is 71.8 Å². The van der Waals surface area contributed by atoms with Gasteiger partial charge in [-0.15, -0.1) is 0 Å². The zero-order valence-corrected chi connectivity index (χ0v) is 12.8. The van der Waals surface area contributed by atoms with E-state index in [-0.39, 0.29) is 11.6 Å². The van der Waals surface area contributed by atoms with Crippen molar-refractivity contribution in [3.8, 4) is 0 Å². The molecule has 1 saturated heterocycles. The summed E-state index contributed by atoms with van der Waals surface area (Å²) in [6.45, 7) is 4.77. The highest BCUT2D eigenvalue weighted by molar-refractivity contribution is 5.88. The van der Waals surface area contributed by atoms with Crippen LogP contribution in [0, 0.1) is 0 Å². The lowest BCUT2D eigenvalue weighted by atomic mass is 9.88. The fourth-order valence-corrected chi connectivity index (χ4v) is 3.10. The third kappa shape index (κ3) is 2.04. The molecule has 0 bridgehead atoms. The van der Waals surface area contributed by atoms with E-state index in [0.29, 0.717) is 6.61 Å². The van der Waals surface area contributed by atoms with Crippen LogP contribution in [-0.4, -0.2) is 24.1 Å². The van der Waals surface area contributed by atoms with Gasteiger partial charge in [-0.1, -0.05) is 60.7 Å². The first-order chi connectivity index (χ1) is 10.6. The van der Waals surface area contributed by atoms with Crippen LogP contribution < -0.4 is 0 Å². The Morgan fingerprint density at radius 1 is 0.909 bits per heavy atom. The van der Waals surface area contributed by atoms with Crippen molar-refractivity contribution >= 4 is 5.90 Å². The summed E-state index contributed by atoms with van der Waals surface area (Å²) >= 11 is 0. The second kappa shape index (κ2) is 4.68. The average molecular weight is 293 g/mol. The maximum absolute atomic E-state index is 6.20. The molecule has 0 radical (unpaired) electrons. The number of benzene rings is 2. The second-order valence-electron chi connectivity index (χ2n) is 6.52. The molecule has 112 valence electrons. The van der Waals surface area contributed by atoms with Crippen LogP contribution in [0.5, 0.6) is 0 Å². The van der Waals surface area contributed by atoms with Gasteiger partial charge in [0.25, 0.3) is 0 Å². The molecular weight excluding hydrogens is 274 g/mol. The van der Waals surface area contributed by atoms with Gasteiger partial charge in [0.05, 0.1) is 5.54 Å². The van der Waals surface area contributed by atoms with Gasteiger partial charge in [-0.05, 0) is 25.0 Å². The van der Waals surface area contributed by atoms with Gasteiger partial charge >= 0.3 is 0 Å². The van der Waals surface area contributed by atoms with Crippen LogP contribution in [-0.2, 0) is 15.1 Å². The molecule has 2 aromatic rings. The first-order valence-corrected chi connectivity index (χ1v) is 7.63. The number of epoxide rings is 1. The predicted octanol–water partition coefficient (Wildman–Crippen LogP) is 3.54. The zero-order chi connectivity index (χ0) is 15.2. The van der Waals surface area contributed by atoms with Crippen molar-refractivity contribution < 1.29 is 9.47 Å². The van der Waals surface area contributed by atoms with Crippen molar-refractivity contribution in [2.75, 3.05) is 6.61 Å². The maximum Gasteiger partial charge on any atom is 0.218 e. The van der Waals surface area contributed by atoms with Crippen molar-refractivity contribution in [1.29, 1.82) is 0 Å². The first-order valence-electron chi connectivity index (χ1n) is 7.63. The SMILES string of the molecule is CC1(C)COC(C2OC2(c2ccccc2)c2ccccc2)=N1. The average Bonchev–Trinajstić information content (AvgIpc) is 3.21. The molecule has 1 fully saturated rings. The number of hydrogen-bond acceptors (Lipinski definition) is 3. The van der Waals surface area contributed by atoms with Crippen molar-refractivity contribution in [1.82, 2.24) is 0 Å². The summed E-state index contributed by atoms with van der Waals surface area (Å²) < 4.78 is 12.0. The Morgan fingerprint density at radius 3 is 1.91 bits per heavy atom. The van der Waals surface area contributed by atoms with E-state index in [0.717, 1.165) is 17.0 Å². The minimum absolute atomic E-state index is 0.140. The molecule has 0 aromatic heterocycles. The highest BCUT2D eigenvalue weighted by Crippen LogP contribution is 2.53. The Kier molecular flexibility index (Phi) is 2.88. The molecule has 0 amide bonds. The van der Waals surface area contributed by atoms with Crippen LogP contribution in [0.15, 0.2) is 65.7 Å². The van der Waals surface area contributed by atoms with Crippen LogP contribution >= 0.6 is 0 Å². The van der Waals surface area contributed by atoms with Crippen LogP contribution in [0.1, 0.15) is 25.0 Å². The molecule has 4 rings (SSSR count). The quantitative estimate of drug-likeness (QED) is 0.811. The van der Waals surface area contributed by atoms with Crippen LogP contribution in [0.4, 0.5) is 0 Å². The fourth-order valence-electron chi connectivity index (χ4n) is 3.10. The molecule has 2 aliphatic heterocycles. The van der Waals surface area contributed by atoms with E-state index in [4.69, 9.17) is 14.5 Å². The van der Waals surface area contributed by atoms with E-state index < -0.39 is 5.60 Å². The van der Waals surface area contributed by atoms with Gasteiger partial charge in [-0.2, -0.15) is 0 Å². The number of aliphatic imine (C=N–C) groups is 1. The van der Waals surface area contributed by atoms with Gasteiger partial charge in [-0.3, -0.25) is 0 Å². The summed E-state index contributed by atoms with van der Waals surface area (Å²) in [5.74, 6) is 0.720. The molecule has 0 saturated carbocycles. The topological polar surface area (TPSA) is 34.1 Å². The second-order valence-corrected chi connectivity index (χ2v) is 6.52. The van der Waals surface area contributed by atoms with Crippen molar-refractivity contribution in [3.63, 3.8) is 0 Å². The van der Waals surface area contributed by atoms with Crippen LogP contribution in [0.25, 0.3) is 0 Å². The first kappa shape index (κ1) is 13.5. The Morgan fingerprint density at radius 2 is 1.45 bits per heavy atom. The van der Waals surface area contributed by atoms with E-state index >= 15 is 0 Å². The van der Waals surface area contributed by atoms with Crippen molar-refractivity contribution in [2.24, 2.45) is 4.99 Å². The van der Waals surface area contributed by atoms with Gasteiger partial charge in [-0.25, -0.2) is 4.99 Å². The Labute approximate surface area is 130 Å². The molecule has 2 heterocycles. The number of nitrogens with zero attached hydrogens (tertiary/aromatic N) is 1. The molecule has 2 aromatic carbocycles. The molecule has 1 unspecified atom stereocenters. The molecule has 0 N–H and O–H groups in total. The molecular formula is C19H19NO2. The molecule has 22 heavy (non-hydrogen) atoms. The van der Waals surface area contributed by atoms with Gasteiger partial charge in [0.1, 0.15) is 6.61 Å². The van der Waals surface area contributed by atoms with Crippen molar-refractivity contribution in [2.45, 2.75) is 31.1 Å². The van der Waals surface area contributed by atoms with Crippen LogP contribution in [0.3, 0.4) is 0 Å². The highest BCUT2D eigenvalue weighted by Gasteiger charge is 2.63. The minimum atomic E-state index is -0.470. The number of rotatable bonds is 3. The molecule has 3 heteroatoms. The summed E-state index contributed by atoms with van der Waals surface area (Å²) in [7, 11) is 0. The fraction of sp³-hybridized carbons (Fsp3) is 0.316. The summed E-state index contributed by atoms with van der Waals surface area (Å²) in [6, 6.07) is 20.6. The number of hydrogen-bond donors (Lipinski definition) is 0. The molecule has 0 aliphatic carbocycles. The van der Waals surface area contributed by atoms with E-state index in [2.05, 4.69) is 38.1 Å². The summed E-state index contributed by atoms with van der Waals surface area (Å²) in [5.41, 5.74) is 1.65. The van der Waals surface area contributed by atoms with Gasteiger partial charge < -0.3 is 9.47 Å². The van der Waals surface area contributed by atoms with E-state index in [1.807, 2.05) is 36.4 Å². The molecule has 0 spiro atoms.